The number of aromatic nitrogens is 2. The molecule has 0 spiro atoms. The Morgan fingerprint density at radius 2 is 2.10 bits per heavy atom. The van der Waals surface area contributed by atoms with Crippen molar-refractivity contribution in [1.29, 1.82) is 0 Å². The molecule has 3 heterocycles. The second kappa shape index (κ2) is 6.45. The molecule has 0 atom stereocenters. The van der Waals surface area contributed by atoms with E-state index in [1.165, 1.54) is 18.7 Å². The predicted octanol–water partition coefficient (Wildman–Crippen LogP) is 1.59. The summed E-state index contributed by atoms with van der Waals surface area (Å²) in [4.78, 5) is 9.74. The highest BCUT2D eigenvalue weighted by Crippen LogP contribution is 2.23. The van der Waals surface area contributed by atoms with Gasteiger partial charge in [-0.1, -0.05) is 13.0 Å². The average Bonchev–Trinajstić information content (AvgIpc) is 2.72. The van der Waals surface area contributed by atoms with E-state index < -0.39 is 0 Å². The first-order valence-electron chi connectivity index (χ1n) is 7.89. The van der Waals surface area contributed by atoms with Crippen molar-refractivity contribution in [3.63, 3.8) is 0 Å². The fraction of sp³-hybridized carbons (Fsp3) is 0.562. The number of rotatable bonds is 4. The van der Waals surface area contributed by atoms with Crippen LogP contribution < -0.4 is 10.2 Å². The van der Waals surface area contributed by atoms with Crippen molar-refractivity contribution < 1.29 is 0 Å². The summed E-state index contributed by atoms with van der Waals surface area (Å²) in [6.07, 6.45) is 3.31. The van der Waals surface area contributed by atoms with Gasteiger partial charge in [-0.25, -0.2) is 4.98 Å². The van der Waals surface area contributed by atoms with Gasteiger partial charge in [0, 0.05) is 32.4 Å². The summed E-state index contributed by atoms with van der Waals surface area (Å²) in [5.41, 5.74) is 2.31. The van der Waals surface area contributed by atoms with Gasteiger partial charge in [-0.05, 0) is 38.7 Å². The highest BCUT2D eigenvalue weighted by molar-refractivity contribution is 5.56. The molecule has 0 aliphatic carbocycles. The van der Waals surface area contributed by atoms with E-state index in [2.05, 4.69) is 57.9 Å². The van der Waals surface area contributed by atoms with Gasteiger partial charge in [0.2, 0.25) is 0 Å². The molecule has 1 saturated heterocycles. The van der Waals surface area contributed by atoms with Gasteiger partial charge in [0.05, 0.1) is 5.69 Å². The molecule has 0 saturated carbocycles. The number of hydrogen-bond acceptors (Lipinski definition) is 4. The molecule has 1 aliphatic heterocycles. The second-order valence-corrected chi connectivity index (χ2v) is 5.74. The zero-order chi connectivity index (χ0) is 14.7. The molecule has 2 aromatic rings. The number of fused-ring (bicyclic) bond motifs is 1. The van der Waals surface area contributed by atoms with Gasteiger partial charge >= 0.3 is 0 Å². The van der Waals surface area contributed by atoms with Crippen molar-refractivity contribution in [2.45, 2.75) is 19.9 Å². The molecule has 0 aromatic carbocycles. The summed E-state index contributed by atoms with van der Waals surface area (Å²) in [5.74, 6) is 1.15. The zero-order valence-corrected chi connectivity index (χ0v) is 13.0. The topological polar surface area (TPSA) is 35.8 Å². The maximum absolute atomic E-state index is 4.89. The van der Waals surface area contributed by atoms with Gasteiger partial charge in [0.1, 0.15) is 5.65 Å². The van der Waals surface area contributed by atoms with Crippen molar-refractivity contribution in [2.24, 2.45) is 0 Å². The molecule has 114 valence electrons. The van der Waals surface area contributed by atoms with Gasteiger partial charge in [-0.15, -0.1) is 0 Å². The fourth-order valence-corrected chi connectivity index (χ4v) is 2.95. The van der Waals surface area contributed by atoms with E-state index >= 15 is 0 Å². The molecule has 5 heteroatoms. The van der Waals surface area contributed by atoms with E-state index in [0.29, 0.717) is 0 Å². The van der Waals surface area contributed by atoms with Crippen LogP contribution in [0.25, 0.3) is 5.65 Å². The number of likely N-dealkylation sites (N-methyl/N-ethyl adjacent to an activating group) is 1. The smallest absolute Gasteiger partial charge is 0.152 e. The lowest BCUT2D eigenvalue weighted by atomic mass is 10.3. The van der Waals surface area contributed by atoms with E-state index in [4.69, 9.17) is 4.98 Å². The minimum absolute atomic E-state index is 0.864. The lowest BCUT2D eigenvalue weighted by Gasteiger charge is -2.21. The predicted molar refractivity (Wildman–Crippen MR) is 86.9 cm³/mol. The SMILES string of the molecule is CCNCc1c(N2CCCN(C)CC2)nc2ccccn12. The van der Waals surface area contributed by atoms with Crippen LogP contribution in [0.3, 0.4) is 0 Å². The number of anilines is 1. The molecular formula is C16H25N5. The first kappa shape index (κ1) is 14.4. The summed E-state index contributed by atoms with van der Waals surface area (Å²) in [6.45, 7) is 8.41. The van der Waals surface area contributed by atoms with Crippen LogP contribution in [-0.2, 0) is 6.54 Å². The molecule has 0 bridgehead atoms. The molecule has 0 radical (unpaired) electrons. The third-order valence-corrected chi connectivity index (χ3v) is 4.17. The number of nitrogens with one attached hydrogen (secondary N) is 1. The molecule has 0 unspecified atom stereocenters. The summed E-state index contributed by atoms with van der Waals surface area (Å²) in [7, 11) is 2.20. The zero-order valence-electron chi connectivity index (χ0n) is 13.0. The Hall–Kier alpha value is -1.59. The summed E-state index contributed by atoms with van der Waals surface area (Å²) in [6, 6.07) is 6.21. The Bertz CT molecular complexity index is 591. The molecule has 1 N–H and O–H groups in total. The van der Waals surface area contributed by atoms with E-state index in [1.54, 1.807) is 0 Å². The van der Waals surface area contributed by atoms with Crippen LogP contribution in [0.4, 0.5) is 5.82 Å². The average molecular weight is 287 g/mol. The van der Waals surface area contributed by atoms with Crippen molar-refractivity contribution in [3.05, 3.63) is 30.1 Å². The minimum Gasteiger partial charge on any atom is -0.354 e. The van der Waals surface area contributed by atoms with Crippen molar-refractivity contribution >= 4 is 11.5 Å². The molecule has 2 aromatic heterocycles. The lowest BCUT2D eigenvalue weighted by molar-refractivity contribution is 0.360. The van der Waals surface area contributed by atoms with Crippen LogP contribution in [-0.4, -0.2) is 54.1 Å². The largest absolute Gasteiger partial charge is 0.354 e. The Morgan fingerprint density at radius 1 is 1.19 bits per heavy atom. The summed E-state index contributed by atoms with van der Waals surface area (Å²) < 4.78 is 2.21. The highest BCUT2D eigenvalue weighted by Gasteiger charge is 2.20. The number of nitrogens with zero attached hydrogens (tertiary/aromatic N) is 4. The third-order valence-electron chi connectivity index (χ3n) is 4.17. The van der Waals surface area contributed by atoms with Crippen LogP contribution in [0.15, 0.2) is 24.4 Å². The third kappa shape index (κ3) is 3.04. The fourth-order valence-electron chi connectivity index (χ4n) is 2.95. The first-order valence-corrected chi connectivity index (χ1v) is 7.89. The highest BCUT2D eigenvalue weighted by atomic mass is 15.3. The number of pyridine rings is 1. The van der Waals surface area contributed by atoms with Crippen LogP contribution in [0.1, 0.15) is 19.0 Å². The van der Waals surface area contributed by atoms with Gasteiger partial charge in [0.15, 0.2) is 5.82 Å². The van der Waals surface area contributed by atoms with Crippen LogP contribution in [0.5, 0.6) is 0 Å². The number of hydrogen-bond donors (Lipinski definition) is 1. The Balaban J connectivity index is 1.95. The quantitative estimate of drug-likeness (QED) is 0.926. The van der Waals surface area contributed by atoms with Crippen LogP contribution in [0.2, 0.25) is 0 Å². The van der Waals surface area contributed by atoms with Crippen LogP contribution in [0, 0.1) is 0 Å². The Labute approximate surface area is 126 Å². The lowest BCUT2D eigenvalue weighted by Crippen LogP contribution is -2.30. The standard InChI is InChI=1S/C16H25N5/c1-3-17-13-14-16(18-15-7-4-5-10-21(14)15)20-9-6-8-19(2)11-12-20/h4-5,7,10,17H,3,6,8-9,11-13H2,1-2H3. The molecule has 1 aliphatic rings. The molecule has 0 amide bonds. The summed E-state index contributed by atoms with van der Waals surface area (Å²) in [5, 5.41) is 3.45. The molecule has 1 fully saturated rings. The van der Waals surface area contributed by atoms with Gasteiger partial charge in [-0.3, -0.25) is 0 Å². The molecular weight excluding hydrogens is 262 g/mol. The molecule has 21 heavy (non-hydrogen) atoms. The molecule has 5 nitrogen and oxygen atoms in total. The maximum Gasteiger partial charge on any atom is 0.152 e. The van der Waals surface area contributed by atoms with E-state index in [9.17, 15) is 0 Å². The van der Waals surface area contributed by atoms with Gasteiger partial charge in [0.25, 0.3) is 0 Å². The van der Waals surface area contributed by atoms with Crippen molar-refractivity contribution in [1.82, 2.24) is 19.6 Å². The minimum atomic E-state index is 0.864. The summed E-state index contributed by atoms with van der Waals surface area (Å²) >= 11 is 0. The monoisotopic (exact) mass is 287 g/mol. The van der Waals surface area contributed by atoms with E-state index in [-0.39, 0.29) is 0 Å². The Kier molecular flexibility index (Phi) is 4.41. The second-order valence-electron chi connectivity index (χ2n) is 5.74. The van der Waals surface area contributed by atoms with Crippen molar-refractivity contribution in [3.8, 4) is 0 Å². The van der Waals surface area contributed by atoms with Crippen LogP contribution >= 0.6 is 0 Å². The Morgan fingerprint density at radius 3 is 2.95 bits per heavy atom. The van der Waals surface area contributed by atoms with E-state index in [0.717, 1.165) is 44.2 Å². The normalized spacial score (nSPS) is 17.3. The molecule has 3 rings (SSSR count). The maximum atomic E-state index is 4.89. The first-order chi connectivity index (χ1) is 10.3. The van der Waals surface area contributed by atoms with E-state index in [1.807, 2.05) is 0 Å². The van der Waals surface area contributed by atoms with Gasteiger partial charge in [-0.2, -0.15) is 0 Å². The van der Waals surface area contributed by atoms with Gasteiger partial charge < -0.3 is 19.5 Å². The number of imidazole rings is 1. The van der Waals surface area contributed by atoms with Crippen molar-refractivity contribution in [2.75, 3.05) is 44.7 Å².